The van der Waals surface area contributed by atoms with Crippen molar-refractivity contribution in [2.24, 2.45) is 0 Å². The van der Waals surface area contributed by atoms with Gasteiger partial charge in [0.15, 0.2) is 5.03 Å². The zero-order valence-corrected chi connectivity index (χ0v) is 13.3. The molecule has 0 unspecified atom stereocenters. The molecule has 1 aliphatic carbocycles. The SMILES string of the molecule is CNc1cccnc1S(=O)(=O)N(Cc1cccs1)C1CC1. The molecule has 0 saturated heterocycles. The molecule has 0 atom stereocenters. The Hall–Kier alpha value is -1.44. The van der Waals surface area contributed by atoms with Gasteiger partial charge in [-0.2, -0.15) is 4.31 Å². The van der Waals surface area contributed by atoms with Crippen LogP contribution in [0.5, 0.6) is 0 Å². The molecule has 1 N–H and O–H groups in total. The van der Waals surface area contributed by atoms with Gasteiger partial charge in [0.25, 0.3) is 10.0 Å². The Morgan fingerprint density at radius 3 is 2.81 bits per heavy atom. The van der Waals surface area contributed by atoms with Gasteiger partial charge in [0.05, 0.1) is 5.69 Å². The molecule has 5 nitrogen and oxygen atoms in total. The lowest BCUT2D eigenvalue weighted by molar-refractivity contribution is 0.400. The van der Waals surface area contributed by atoms with Crippen LogP contribution in [0, 0.1) is 0 Å². The topological polar surface area (TPSA) is 62.3 Å². The van der Waals surface area contributed by atoms with Gasteiger partial charge in [-0.15, -0.1) is 11.3 Å². The summed E-state index contributed by atoms with van der Waals surface area (Å²) < 4.78 is 27.5. The molecular weight excluding hydrogens is 306 g/mol. The van der Waals surface area contributed by atoms with Crippen LogP contribution < -0.4 is 5.32 Å². The third-order valence-electron chi connectivity index (χ3n) is 3.44. The average molecular weight is 323 g/mol. The molecule has 0 aliphatic heterocycles. The average Bonchev–Trinajstić information content (AvgIpc) is 3.20. The summed E-state index contributed by atoms with van der Waals surface area (Å²) in [6.07, 6.45) is 3.36. The van der Waals surface area contributed by atoms with E-state index < -0.39 is 10.0 Å². The second kappa shape index (κ2) is 5.75. The molecule has 1 fully saturated rings. The number of thiophene rings is 1. The van der Waals surface area contributed by atoms with Crippen LogP contribution in [0.3, 0.4) is 0 Å². The van der Waals surface area contributed by atoms with Crippen molar-refractivity contribution in [2.75, 3.05) is 12.4 Å². The Labute approximate surface area is 128 Å². The molecule has 2 aromatic heterocycles. The van der Waals surface area contributed by atoms with Gasteiger partial charge < -0.3 is 5.32 Å². The highest BCUT2D eigenvalue weighted by atomic mass is 32.2. The van der Waals surface area contributed by atoms with Crippen LogP contribution in [0.15, 0.2) is 40.9 Å². The fourth-order valence-corrected chi connectivity index (χ4v) is 4.79. The third kappa shape index (κ3) is 2.95. The van der Waals surface area contributed by atoms with Crippen LogP contribution >= 0.6 is 11.3 Å². The smallest absolute Gasteiger partial charge is 0.263 e. The fraction of sp³-hybridized carbons (Fsp3) is 0.357. The zero-order chi connectivity index (χ0) is 14.9. The van der Waals surface area contributed by atoms with Gasteiger partial charge in [-0.25, -0.2) is 13.4 Å². The molecule has 0 amide bonds. The predicted octanol–water partition coefficient (Wildman–Crippen LogP) is 2.54. The maximum atomic E-state index is 12.9. The first-order valence-electron chi connectivity index (χ1n) is 6.80. The monoisotopic (exact) mass is 323 g/mol. The molecule has 3 rings (SSSR count). The largest absolute Gasteiger partial charge is 0.386 e. The van der Waals surface area contributed by atoms with Gasteiger partial charge in [-0.1, -0.05) is 6.07 Å². The van der Waals surface area contributed by atoms with E-state index in [1.54, 1.807) is 34.8 Å². The first-order chi connectivity index (χ1) is 10.1. The molecule has 1 aliphatic rings. The van der Waals surface area contributed by atoms with Crippen molar-refractivity contribution in [1.29, 1.82) is 0 Å². The quantitative estimate of drug-likeness (QED) is 0.887. The number of anilines is 1. The van der Waals surface area contributed by atoms with E-state index in [-0.39, 0.29) is 11.1 Å². The summed E-state index contributed by atoms with van der Waals surface area (Å²) in [5.41, 5.74) is 0.536. The van der Waals surface area contributed by atoms with E-state index in [9.17, 15) is 8.42 Å². The van der Waals surface area contributed by atoms with E-state index in [1.165, 1.54) is 6.20 Å². The lowest BCUT2D eigenvalue weighted by Gasteiger charge is -2.21. The summed E-state index contributed by atoms with van der Waals surface area (Å²) in [6, 6.07) is 7.47. The molecule has 1 saturated carbocycles. The first kappa shape index (κ1) is 14.5. The molecule has 2 aromatic rings. The van der Waals surface area contributed by atoms with Gasteiger partial charge in [-0.3, -0.25) is 0 Å². The summed E-state index contributed by atoms with van der Waals surface area (Å²) in [5.74, 6) is 0. The van der Waals surface area contributed by atoms with E-state index in [1.807, 2.05) is 17.5 Å². The minimum Gasteiger partial charge on any atom is -0.386 e. The summed E-state index contributed by atoms with van der Waals surface area (Å²) in [6.45, 7) is 0.421. The van der Waals surface area contributed by atoms with Gasteiger partial charge in [-0.05, 0) is 36.4 Å². The molecule has 0 bridgehead atoms. The van der Waals surface area contributed by atoms with Crippen molar-refractivity contribution in [3.8, 4) is 0 Å². The number of hydrogen-bond acceptors (Lipinski definition) is 5. The summed E-state index contributed by atoms with van der Waals surface area (Å²) in [4.78, 5) is 5.14. The van der Waals surface area contributed by atoms with Gasteiger partial charge >= 0.3 is 0 Å². The molecule has 2 heterocycles. The van der Waals surface area contributed by atoms with Crippen molar-refractivity contribution in [3.05, 3.63) is 40.7 Å². The molecule has 21 heavy (non-hydrogen) atoms. The number of nitrogens with zero attached hydrogens (tertiary/aromatic N) is 2. The summed E-state index contributed by atoms with van der Waals surface area (Å²) >= 11 is 1.58. The minimum absolute atomic E-state index is 0.101. The lowest BCUT2D eigenvalue weighted by atomic mass is 10.4. The Bertz CT molecular complexity index is 710. The Morgan fingerprint density at radius 2 is 2.19 bits per heavy atom. The Kier molecular flexibility index (Phi) is 3.97. The normalized spacial score (nSPS) is 15.3. The molecule has 7 heteroatoms. The van der Waals surface area contributed by atoms with Crippen LogP contribution in [-0.4, -0.2) is 30.8 Å². The number of nitrogens with one attached hydrogen (secondary N) is 1. The zero-order valence-electron chi connectivity index (χ0n) is 11.7. The number of pyridine rings is 1. The first-order valence-corrected chi connectivity index (χ1v) is 9.12. The van der Waals surface area contributed by atoms with Crippen LogP contribution in [-0.2, 0) is 16.6 Å². The van der Waals surface area contributed by atoms with E-state index in [2.05, 4.69) is 10.3 Å². The highest BCUT2D eigenvalue weighted by Gasteiger charge is 2.39. The van der Waals surface area contributed by atoms with Crippen molar-refractivity contribution < 1.29 is 8.42 Å². The van der Waals surface area contributed by atoms with Crippen LogP contribution in [0.4, 0.5) is 5.69 Å². The number of rotatable bonds is 6. The molecular formula is C14H17N3O2S2. The predicted molar refractivity (Wildman–Crippen MR) is 83.9 cm³/mol. The minimum atomic E-state index is -3.59. The standard InChI is InChI=1S/C14H17N3O2S2/c1-15-13-5-2-8-16-14(13)21(18,19)17(11-6-7-11)10-12-4-3-9-20-12/h2-5,8-9,11,15H,6-7,10H2,1H3. The Balaban J connectivity index is 1.97. The van der Waals surface area contributed by atoms with Crippen LogP contribution in [0.25, 0.3) is 0 Å². The van der Waals surface area contributed by atoms with Crippen molar-refractivity contribution in [1.82, 2.24) is 9.29 Å². The molecule has 0 aromatic carbocycles. The summed E-state index contributed by atoms with van der Waals surface area (Å²) in [5, 5.41) is 4.98. The van der Waals surface area contributed by atoms with E-state index >= 15 is 0 Å². The van der Waals surface area contributed by atoms with E-state index in [4.69, 9.17) is 0 Å². The van der Waals surface area contributed by atoms with Gasteiger partial charge in [0.2, 0.25) is 0 Å². The maximum Gasteiger partial charge on any atom is 0.263 e. The Morgan fingerprint density at radius 1 is 1.38 bits per heavy atom. The third-order valence-corrected chi connectivity index (χ3v) is 6.16. The summed E-state index contributed by atoms with van der Waals surface area (Å²) in [7, 11) is -1.89. The van der Waals surface area contributed by atoms with Crippen LogP contribution in [0.2, 0.25) is 0 Å². The number of aromatic nitrogens is 1. The fourth-order valence-electron chi connectivity index (χ4n) is 2.23. The maximum absolute atomic E-state index is 12.9. The number of hydrogen-bond donors (Lipinski definition) is 1. The highest BCUT2D eigenvalue weighted by molar-refractivity contribution is 7.89. The van der Waals surface area contributed by atoms with Gasteiger partial charge in [0, 0.05) is 30.7 Å². The molecule has 112 valence electrons. The second-order valence-electron chi connectivity index (χ2n) is 4.97. The second-order valence-corrected chi connectivity index (χ2v) is 7.81. The lowest BCUT2D eigenvalue weighted by Crippen LogP contribution is -2.33. The van der Waals surface area contributed by atoms with Crippen molar-refractivity contribution in [3.63, 3.8) is 0 Å². The number of sulfonamides is 1. The highest BCUT2D eigenvalue weighted by Crippen LogP contribution is 2.35. The van der Waals surface area contributed by atoms with Gasteiger partial charge in [0.1, 0.15) is 0 Å². The molecule has 0 spiro atoms. The molecule has 0 radical (unpaired) electrons. The van der Waals surface area contributed by atoms with E-state index in [0.717, 1.165) is 17.7 Å². The van der Waals surface area contributed by atoms with Crippen molar-refractivity contribution >= 4 is 27.0 Å². The van der Waals surface area contributed by atoms with Crippen molar-refractivity contribution in [2.45, 2.75) is 30.5 Å². The van der Waals surface area contributed by atoms with E-state index in [0.29, 0.717) is 12.2 Å². The van der Waals surface area contributed by atoms with Crippen LogP contribution in [0.1, 0.15) is 17.7 Å².